The molecule has 2 aromatic carbocycles. The summed E-state index contributed by atoms with van der Waals surface area (Å²) in [6.45, 7) is 2.15. The predicted octanol–water partition coefficient (Wildman–Crippen LogP) is 5.63. The summed E-state index contributed by atoms with van der Waals surface area (Å²) in [4.78, 5) is 25.1. The van der Waals surface area contributed by atoms with E-state index in [0.717, 1.165) is 11.1 Å². The van der Waals surface area contributed by atoms with Crippen LogP contribution in [-0.2, 0) is 9.53 Å². The zero-order valence-corrected chi connectivity index (χ0v) is 18.1. The highest BCUT2D eigenvalue weighted by atomic mass is 35.5. The van der Waals surface area contributed by atoms with E-state index in [0.29, 0.717) is 32.6 Å². The number of ether oxygens (including phenoxy) is 3. The van der Waals surface area contributed by atoms with Gasteiger partial charge in [0.15, 0.2) is 11.5 Å². The Hall–Kier alpha value is -3.29. The Kier molecular flexibility index (Phi) is 6.25. The van der Waals surface area contributed by atoms with Crippen LogP contribution in [0.5, 0.6) is 11.5 Å². The lowest BCUT2D eigenvalue weighted by molar-refractivity contribution is -0.111. The van der Waals surface area contributed by atoms with Crippen molar-refractivity contribution < 1.29 is 23.8 Å². The van der Waals surface area contributed by atoms with E-state index in [1.165, 1.54) is 17.4 Å². The Bertz CT molecular complexity index is 1150. The molecule has 8 heteroatoms. The standard InChI is InChI=1S/C23H18ClNO5S/c1-2-28-23(27)21-17(15-5-7-16(24)8-6-15)12-31-22(21)25-20(26)10-4-14-3-9-18-19(11-14)30-13-29-18/h3-12H,2,13H2,1H3,(H,25,26)/b10-4+. The maximum absolute atomic E-state index is 12.6. The van der Waals surface area contributed by atoms with Crippen LogP contribution in [-0.4, -0.2) is 25.3 Å². The van der Waals surface area contributed by atoms with Gasteiger partial charge in [-0.05, 0) is 48.4 Å². The smallest absolute Gasteiger partial charge is 0.341 e. The largest absolute Gasteiger partial charge is 0.462 e. The van der Waals surface area contributed by atoms with Gasteiger partial charge in [-0.3, -0.25) is 4.79 Å². The SMILES string of the molecule is CCOC(=O)c1c(-c2ccc(Cl)cc2)csc1NC(=O)/C=C/c1ccc2c(c1)OCO2. The number of nitrogens with one attached hydrogen (secondary N) is 1. The van der Waals surface area contributed by atoms with E-state index in [9.17, 15) is 9.59 Å². The molecular formula is C23H18ClNO5S. The Morgan fingerprint density at radius 2 is 1.94 bits per heavy atom. The first-order valence-electron chi connectivity index (χ1n) is 9.48. The molecule has 0 radical (unpaired) electrons. The van der Waals surface area contributed by atoms with E-state index < -0.39 is 5.97 Å². The summed E-state index contributed by atoms with van der Waals surface area (Å²) in [7, 11) is 0. The van der Waals surface area contributed by atoms with Crippen LogP contribution in [0.2, 0.25) is 5.02 Å². The fourth-order valence-electron chi connectivity index (χ4n) is 3.04. The van der Waals surface area contributed by atoms with Crippen LogP contribution in [0.25, 0.3) is 17.2 Å². The van der Waals surface area contributed by atoms with Crippen LogP contribution >= 0.6 is 22.9 Å². The molecule has 0 unspecified atom stereocenters. The van der Waals surface area contributed by atoms with E-state index in [1.54, 1.807) is 37.3 Å². The summed E-state index contributed by atoms with van der Waals surface area (Å²) in [5.41, 5.74) is 2.59. The maximum atomic E-state index is 12.6. The molecule has 1 N–H and O–H groups in total. The third-order valence-corrected chi connectivity index (χ3v) is 5.63. The van der Waals surface area contributed by atoms with E-state index >= 15 is 0 Å². The van der Waals surface area contributed by atoms with E-state index in [-0.39, 0.29) is 19.3 Å². The van der Waals surface area contributed by atoms with E-state index in [1.807, 2.05) is 23.6 Å². The molecule has 1 amide bonds. The van der Waals surface area contributed by atoms with Gasteiger partial charge in [0, 0.05) is 22.0 Å². The number of fused-ring (bicyclic) bond motifs is 1. The topological polar surface area (TPSA) is 73.9 Å². The first-order chi connectivity index (χ1) is 15.0. The first kappa shape index (κ1) is 21.0. The molecule has 0 spiro atoms. The predicted molar refractivity (Wildman–Crippen MR) is 121 cm³/mol. The third-order valence-electron chi connectivity index (χ3n) is 4.49. The average molecular weight is 456 g/mol. The molecule has 0 atom stereocenters. The lowest BCUT2D eigenvalue weighted by atomic mass is 10.0. The van der Waals surface area contributed by atoms with Gasteiger partial charge in [0.2, 0.25) is 12.7 Å². The quantitative estimate of drug-likeness (QED) is 0.385. The Labute approximate surface area is 188 Å². The highest BCUT2D eigenvalue weighted by Crippen LogP contribution is 2.37. The van der Waals surface area contributed by atoms with Crippen LogP contribution in [0.4, 0.5) is 5.00 Å². The van der Waals surface area contributed by atoms with E-state index in [4.69, 9.17) is 25.8 Å². The number of halogens is 1. The van der Waals surface area contributed by atoms with Gasteiger partial charge in [-0.1, -0.05) is 29.8 Å². The molecule has 1 aromatic heterocycles. The summed E-state index contributed by atoms with van der Waals surface area (Å²) >= 11 is 7.23. The number of hydrogen-bond donors (Lipinski definition) is 1. The molecule has 6 nitrogen and oxygen atoms in total. The summed E-state index contributed by atoms with van der Waals surface area (Å²) in [5, 5.41) is 5.61. The van der Waals surface area contributed by atoms with Crippen molar-refractivity contribution in [3.05, 3.63) is 70.1 Å². The minimum Gasteiger partial charge on any atom is -0.462 e. The number of esters is 1. The zero-order chi connectivity index (χ0) is 21.8. The number of hydrogen-bond acceptors (Lipinski definition) is 6. The number of anilines is 1. The summed E-state index contributed by atoms with van der Waals surface area (Å²) in [6, 6.07) is 12.5. The van der Waals surface area contributed by atoms with Crippen molar-refractivity contribution in [2.24, 2.45) is 0 Å². The third kappa shape index (κ3) is 4.73. The molecule has 0 saturated carbocycles. The zero-order valence-electron chi connectivity index (χ0n) is 16.5. The fraction of sp³-hybridized carbons (Fsp3) is 0.130. The van der Waals surface area contributed by atoms with Crippen molar-refractivity contribution in [3.63, 3.8) is 0 Å². The Morgan fingerprint density at radius 1 is 1.16 bits per heavy atom. The van der Waals surface area contributed by atoms with E-state index in [2.05, 4.69) is 5.32 Å². The number of amides is 1. The molecule has 4 rings (SSSR count). The van der Waals surface area contributed by atoms with Gasteiger partial charge >= 0.3 is 5.97 Å². The van der Waals surface area contributed by atoms with Gasteiger partial charge in [-0.25, -0.2) is 4.79 Å². The number of carbonyl (C=O) groups is 2. The van der Waals surface area contributed by atoms with Crippen LogP contribution in [0.1, 0.15) is 22.8 Å². The average Bonchev–Trinajstić information content (AvgIpc) is 3.39. The van der Waals surface area contributed by atoms with Crippen LogP contribution in [0, 0.1) is 0 Å². The van der Waals surface area contributed by atoms with Gasteiger partial charge in [-0.2, -0.15) is 0 Å². The van der Waals surface area contributed by atoms with Crippen LogP contribution < -0.4 is 14.8 Å². The lowest BCUT2D eigenvalue weighted by Crippen LogP contribution is -2.12. The highest BCUT2D eigenvalue weighted by Gasteiger charge is 2.22. The molecule has 31 heavy (non-hydrogen) atoms. The molecular weight excluding hydrogens is 438 g/mol. The number of thiophene rings is 1. The Morgan fingerprint density at radius 3 is 2.71 bits per heavy atom. The molecule has 2 heterocycles. The van der Waals surface area contributed by atoms with Crippen molar-refractivity contribution in [3.8, 4) is 22.6 Å². The van der Waals surface area contributed by atoms with Crippen molar-refractivity contribution in [1.82, 2.24) is 0 Å². The fourth-order valence-corrected chi connectivity index (χ4v) is 4.13. The van der Waals surface area contributed by atoms with Crippen molar-refractivity contribution in [1.29, 1.82) is 0 Å². The van der Waals surface area contributed by atoms with Crippen molar-refractivity contribution >= 4 is 45.9 Å². The molecule has 158 valence electrons. The Balaban J connectivity index is 1.56. The molecule has 1 aliphatic heterocycles. The monoisotopic (exact) mass is 455 g/mol. The van der Waals surface area contributed by atoms with Crippen LogP contribution in [0.15, 0.2) is 53.9 Å². The molecule has 0 fully saturated rings. The second-order valence-electron chi connectivity index (χ2n) is 6.52. The molecule has 1 aliphatic rings. The number of carbonyl (C=O) groups excluding carboxylic acids is 2. The summed E-state index contributed by atoms with van der Waals surface area (Å²) in [5.74, 6) is 0.448. The minimum absolute atomic E-state index is 0.188. The normalized spacial score (nSPS) is 12.2. The molecule has 0 saturated heterocycles. The van der Waals surface area contributed by atoms with Crippen LogP contribution in [0.3, 0.4) is 0 Å². The van der Waals surface area contributed by atoms with Crippen molar-refractivity contribution in [2.45, 2.75) is 6.92 Å². The first-order valence-corrected chi connectivity index (χ1v) is 10.7. The van der Waals surface area contributed by atoms with Crippen molar-refractivity contribution in [2.75, 3.05) is 18.7 Å². The second kappa shape index (κ2) is 9.24. The summed E-state index contributed by atoms with van der Waals surface area (Å²) in [6.07, 6.45) is 3.06. The maximum Gasteiger partial charge on any atom is 0.341 e. The van der Waals surface area contributed by atoms with Gasteiger partial charge in [0.25, 0.3) is 0 Å². The molecule has 0 aliphatic carbocycles. The number of benzene rings is 2. The van der Waals surface area contributed by atoms with Gasteiger partial charge in [0.05, 0.1) is 6.61 Å². The van der Waals surface area contributed by atoms with Gasteiger partial charge in [-0.15, -0.1) is 11.3 Å². The lowest BCUT2D eigenvalue weighted by Gasteiger charge is -2.08. The minimum atomic E-state index is -0.497. The molecule has 0 bridgehead atoms. The number of rotatable bonds is 6. The second-order valence-corrected chi connectivity index (χ2v) is 7.83. The van der Waals surface area contributed by atoms with Gasteiger partial charge < -0.3 is 19.5 Å². The van der Waals surface area contributed by atoms with Gasteiger partial charge in [0.1, 0.15) is 10.6 Å². The summed E-state index contributed by atoms with van der Waals surface area (Å²) < 4.78 is 15.8. The molecule has 3 aromatic rings. The highest BCUT2D eigenvalue weighted by molar-refractivity contribution is 7.15.